The highest BCUT2D eigenvalue weighted by molar-refractivity contribution is 8.01. The Morgan fingerprint density at radius 1 is 1.71 bits per heavy atom. The number of aliphatic hydroxyl groups is 1. The van der Waals surface area contributed by atoms with E-state index in [2.05, 4.69) is 21.6 Å². The Labute approximate surface area is 110 Å². The molecule has 1 fully saturated rings. The molecular formula is C11H19N3OS2. The molecular weight excluding hydrogens is 254 g/mol. The molecule has 0 bridgehead atoms. The number of aliphatic hydroxyl groups excluding tert-OH is 1. The summed E-state index contributed by atoms with van der Waals surface area (Å²) in [5, 5.41) is 13.7. The maximum atomic E-state index is 9.59. The van der Waals surface area contributed by atoms with E-state index in [4.69, 9.17) is 0 Å². The van der Waals surface area contributed by atoms with E-state index in [1.807, 2.05) is 0 Å². The highest BCUT2D eigenvalue weighted by atomic mass is 32.2. The first-order valence-electron chi connectivity index (χ1n) is 6.07. The summed E-state index contributed by atoms with van der Waals surface area (Å²) in [7, 11) is 0. The Balaban J connectivity index is 1.88. The second-order valence-electron chi connectivity index (χ2n) is 4.56. The molecule has 1 aliphatic rings. The molecule has 6 heteroatoms. The molecule has 2 unspecified atom stereocenters. The molecule has 1 aromatic rings. The van der Waals surface area contributed by atoms with Crippen molar-refractivity contribution in [1.29, 1.82) is 0 Å². The Morgan fingerprint density at radius 2 is 2.59 bits per heavy atom. The molecule has 2 atom stereocenters. The van der Waals surface area contributed by atoms with E-state index in [1.54, 1.807) is 18.1 Å². The van der Waals surface area contributed by atoms with Crippen molar-refractivity contribution in [2.45, 2.75) is 47.7 Å². The molecule has 2 N–H and O–H groups in total. The van der Waals surface area contributed by atoms with Gasteiger partial charge in [0.1, 0.15) is 6.33 Å². The smallest absolute Gasteiger partial charge is 0.170 e. The molecule has 2 rings (SSSR count). The lowest BCUT2D eigenvalue weighted by molar-refractivity contribution is 0.165. The molecule has 1 heterocycles. The van der Waals surface area contributed by atoms with Crippen molar-refractivity contribution in [3.8, 4) is 0 Å². The molecule has 1 aliphatic carbocycles. The van der Waals surface area contributed by atoms with Crippen molar-refractivity contribution in [1.82, 2.24) is 14.7 Å². The van der Waals surface area contributed by atoms with Gasteiger partial charge in [-0.1, -0.05) is 18.7 Å². The number of aromatic nitrogens is 2. The van der Waals surface area contributed by atoms with Gasteiger partial charge in [0.15, 0.2) is 4.34 Å². The number of nitrogens with one attached hydrogen (secondary N) is 1. The molecule has 17 heavy (non-hydrogen) atoms. The minimum atomic E-state index is -0.0572. The van der Waals surface area contributed by atoms with Gasteiger partial charge in [-0.3, -0.25) is 0 Å². The van der Waals surface area contributed by atoms with Crippen LogP contribution in [-0.2, 0) is 0 Å². The van der Waals surface area contributed by atoms with Gasteiger partial charge in [0.2, 0.25) is 0 Å². The van der Waals surface area contributed by atoms with Crippen LogP contribution < -0.4 is 5.32 Å². The Hall–Kier alpha value is -0.170. The first-order valence-corrected chi connectivity index (χ1v) is 7.72. The average Bonchev–Trinajstić information content (AvgIpc) is 2.98. The van der Waals surface area contributed by atoms with Crippen LogP contribution in [-0.4, -0.2) is 38.4 Å². The van der Waals surface area contributed by atoms with Gasteiger partial charge in [0.25, 0.3) is 0 Å². The van der Waals surface area contributed by atoms with E-state index in [0.717, 1.165) is 36.6 Å². The number of thioether (sulfide) groups is 1. The van der Waals surface area contributed by atoms with E-state index in [0.29, 0.717) is 5.25 Å². The fraction of sp³-hybridized carbons (Fsp3) is 0.818. The van der Waals surface area contributed by atoms with E-state index in [9.17, 15) is 5.11 Å². The summed E-state index contributed by atoms with van der Waals surface area (Å²) in [4.78, 5) is 4.20. The van der Waals surface area contributed by atoms with Gasteiger partial charge in [-0.05, 0) is 43.8 Å². The first-order chi connectivity index (χ1) is 8.28. The summed E-state index contributed by atoms with van der Waals surface area (Å²) in [5.74, 6) is 0. The predicted octanol–water partition coefficient (Wildman–Crippen LogP) is 1.91. The van der Waals surface area contributed by atoms with E-state index in [-0.39, 0.29) is 12.1 Å². The average molecular weight is 273 g/mol. The van der Waals surface area contributed by atoms with Gasteiger partial charge in [-0.15, -0.1) is 0 Å². The monoisotopic (exact) mass is 273 g/mol. The maximum Gasteiger partial charge on any atom is 0.170 e. The van der Waals surface area contributed by atoms with Gasteiger partial charge in [-0.2, -0.15) is 4.37 Å². The summed E-state index contributed by atoms with van der Waals surface area (Å²) in [5.41, 5.74) is -0.0572. The van der Waals surface area contributed by atoms with Crippen LogP contribution in [0.2, 0.25) is 0 Å². The third-order valence-corrected chi connectivity index (χ3v) is 5.24. The fourth-order valence-electron chi connectivity index (χ4n) is 2.29. The zero-order chi connectivity index (χ0) is 12.1. The summed E-state index contributed by atoms with van der Waals surface area (Å²) in [6, 6.07) is 0. The molecule has 0 aliphatic heterocycles. The number of hydrogen-bond acceptors (Lipinski definition) is 6. The minimum absolute atomic E-state index is 0.0572. The SMILES string of the molecule is CCCNC1(CO)CCC(Sc2ncns2)C1. The number of rotatable bonds is 6. The van der Waals surface area contributed by atoms with Crippen LogP contribution in [0.4, 0.5) is 0 Å². The lowest BCUT2D eigenvalue weighted by Gasteiger charge is -2.28. The molecule has 1 aromatic heterocycles. The van der Waals surface area contributed by atoms with E-state index >= 15 is 0 Å². The predicted molar refractivity (Wildman–Crippen MR) is 71.5 cm³/mol. The highest BCUT2D eigenvalue weighted by Gasteiger charge is 2.38. The molecule has 96 valence electrons. The molecule has 0 aromatic carbocycles. The van der Waals surface area contributed by atoms with Gasteiger partial charge >= 0.3 is 0 Å². The van der Waals surface area contributed by atoms with Crippen LogP contribution in [0, 0.1) is 0 Å². The molecule has 0 spiro atoms. The van der Waals surface area contributed by atoms with Gasteiger partial charge in [0.05, 0.1) is 6.61 Å². The molecule has 4 nitrogen and oxygen atoms in total. The Kier molecular flexibility index (Phi) is 4.78. The van der Waals surface area contributed by atoms with Crippen molar-refractivity contribution in [2.75, 3.05) is 13.2 Å². The van der Waals surface area contributed by atoms with E-state index in [1.165, 1.54) is 11.5 Å². The minimum Gasteiger partial charge on any atom is -0.394 e. The van der Waals surface area contributed by atoms with Crippen LogP contribution in [0.1, 0.15) is 32.6 Å². The van der Waals surface area contributed by atoms with Crippen LogP contribution in [0.5, 0.6) is 0 Å². The first kappa shape index (κ1) is 13.3. The van der Waals surface area contributed by atoms with Crippen LogP contribution in [0.15, 0.2) is 10.7 Å². The summed E-state index contributed by atoms with van der Waals surface area (Å²) in [6.45, 7) is 3.37. The van der Waals surface area contributed by atoms with Crippen LogP contribution >= 0.6 is 23.3 Å². The topological polar surface area (TPSA) is 58.0 Å². The standard InChI is InChI=1S/C11H19N3OS2/c1-2-5-13-11(7-15)4-3-9(6-11)16-10-12-8-14-17-10/h8-9,13,15H,2-7H2,1H3. The van der Waals surface area contributed by atoms with Crippen LogP contribution in [0.3, 0.4) is 0 Å². The summed E-state index contributed by atoms with van der Waals surface area (Å²) >= 11 is 3.26. The molecule has 1 saturated carbocycles. The largest absolute Gasteiger partial charge is 0.394 e. The maximum absolute atomic E-state index is 9.59. The molecule has 0 amide bonds. The zero-order valence-corrected chi connectivity index (χ0v) is 11.7. The molecule has 0 saturated heterocycles. The summed E-state index contributed by atoms with van der Waals surface area (Å²) in [6.07, 6.45) is 5.93. The van der Waals surface area contributed by atoms with E-state index < -0.39 is 0 Å². The second kappa shape index (κ2) is 6.13. The molecule has 0 radical (unpaired) electrons. The Morgan fingerprint density at radius 3 is 3.24 bits per heavy atom. The van der Waals surface area contributed by atoms with Gasteiger partial charge in [-0.25, -0.2) is 4.98 Å². The third kappa shape index (κ3) is 3.40. The van der Waals surface area contributed by atoms with Crippen LogP contribution in [0.25, 0.3) is 0 Å². The fourth-order valence-corrected chi connectivity index (χ4v) is 4.30. The van der Waals surface area contributed by atoms with Crippen molar-refractivity contribution in [2.24, 2.45) is 0 Å². The van der Waals surface area contributed by atoms with Crippen molar-refractivity contribution >= 4 is 23.3 Å². The lowest BCUT2D eigenvalue weighted by atomic mass is 9.99. The summed E-state index contributed by atoms with van der Waals surface area (Å²) < 4.78 is 5.06. The van der Waals surface area contributed by atoms with Crippen molar-refractivity contribution < 1.29 is 5.11 Å². The zero-order valence-electron chi connectivity index (χ0n) is 10.1. The number of hydrogen-bond donors (Lipinski definition) is 2. The normalized spacial score (nSPS) is 28.7. The quantitative estimate of drug-likeness (QED) is 0.829. The highest BCUT2D eigenvalue weighted by Crippen LogP contribution is 2.40. The second-order valence-corrected chi connectivity index (χ2v) is 6.88. The van der Waals surface area contributed by atoms with Crippen molar-refractivity contribution in [3.05, 3.63) is 6.33 Å². The Bertz CT molecular complexity index is 333. The number of nitrogens with zero attached hydrogens (tertiary/aromatic N) is 2. The van der Waals surface area contributed by atoms with Crippen molar-refractivity contribution in [3.63, 3.8) is 0 Å². The third-order valence-electron chi connectivity index (χ3n) is 3.22. The van der Waals surface area contributed by atoms with Gasteiger partial charge in [0, 0.05) is 10.8 Å². The van der Waals surface area contributed by atoms with Gasteiger partial charge < -0.3 is 10.4 Å². The lowest BCUT2D eigenvalue weighted by Crippen LogP contribution is -2.46.